The predicted molar refractivity (Wildman–Crippen MR) is 107 cm³/mol. The van der Waals surface area contributed by atoms with Crippen LogP contribution in [-0.2, 0) is 13.2 Å². The molecule has 0 aliphatic heterocycles. The van der Waals surface area contributed by atoms with Gasteiger partial charge in [-0.25, -0.2) is 0 Å². The van der Waals surface area contributed by atoms with Crippen molar-refractivity contribution in [2.75, 3.05) is 12.4 Å². The van der Waals surface area contributed by atoms with Crippen molar-refractivity contribution in [2.45, 2.75) is 20.1 Å². The highest BCUT2D eigenvalue weighted by molar-refractivity contribution is 6.32. The Kier molecular flexibility index (Phi) is 6.03. The molecule has 3 aromatic rings. The van der Waals surface area contributed by atoms with E-state index in [-0.39, 0.29) is 0 Å². The minimum absolute atomic E-state index is 0.578. The predicted octanol–water partition coefficient (Wildman–Crippen LogP) is 5.85. The number of methoxy groups -OCH3 is 1. The molecule has 0 aliphatic carbocycles. The lowest BCUT2D eigenvalue weighted by molar-refractivity contribution is 0.305. The van der Waals surface area contributed by atoms with Crippen molar-refractivity contribution in [1.29, 1.82) is 0 Å². The summed E-state index contributed by atoms with van der Waals surface area (Å²) in [5.74, 6) is 1.54. The average molecular weight is 368 g/mol. The van der Waals surface area contributed by atoms with E-state index in [0.29, 0.717) is 23.9 Å². The first-order chi connectivity index (χ1) is 12.7. The van der Waals surface area contributed by atoms with Gasteiger partial charge in [-0.3, -0.25) is 0 Å². The number of rotatable bonds is 7. The molecule has 0 heterocycles. The summed E-state index contributed by atoms with van der Waals surface area (Å²) in [5, 5.41) is 3.95. The van der Waals surface area contributed by atoms with Crippen LogP contribution in [0.2, 0.25) is 5.02 Å². The number of anilines is 1. The molecule has 0 spiro atoms. The van der Waals surface area contributed by atoms with Gasteiger partial charge in [0.05, 0.1) is 12.1 Å². The summed E-state index contributed by atoms with van der Waals surface area (Å²) in [6.07, 6.45) is 0. The topological polar surface area (TPSA) is 30.5 Å². The molecule has 0 amide bonds. The smallest absolute Gasteiger partial charge is 0.137 e. The molecule has 0 unspecified atom stereocenters. The first-order valence-corrected chi connectivity index (χ1v) is 8.87. The molecule has 0 aromatic heterocycles. The lowest BCUT2D eigenvalue weighted by Crippen LogP contribution is -2.00. The van der Waals surface area contributed by atoms with Crippen molar-refractivity contribution < 1.29 is 9.47 Å². The molecule has 4 heteroatoms. The molecule has 3 nitrogen and oxygen atoms in total. The van der Waals surface area contributed by atoms with E-state index >= 15 is 0 Å². The van der Waals surface area contributed by atoms with Crippen LogP contribution in [0, 0.1) is 6.92 Å². The molecule has 26 heavy (non-hydrogen) atoms. The number of hydrogen-bond donors (Lipinski definition) is 1. The SMILES string of the molecule is COc1ccc(NCc2ccc(OCc3ccccc3C)cc2)cc1Cl. The molecule has 3 aromatic carbocycles. The minimum atomic E-state index is 0.578. The second kappa shape index (κ2) is 8.63. The Morgan fingerprint density at radius 2 is 1.73 bits per heavy atom. The van der Waals surface area contributed by atoms with Crippen LogP contribution < -0.4 is 14.8 Å². The van der Waals surface area contributed by atoms with Gasteiger partial charge in [-0.2, -0.15) is 0 Å². The van der Waals surface area contributed by atoms with Crippen molar-refractivity contribution in [2.24, 2.45) is 0 Å². The number of aryl methyl sites for hydroxylation is 1. The van der Waals surface area contributed by atoms with Gasteiger partial charge < -0.3 is 14.8 Å². The third-order valence-electron chi connectivity index (χ3n) is 4.23. The standard InChI is InChI=1S/C22H22ClNO2/c1-16-5-3-4-6-18(16)15-26-20-10-7-17(8-11-20)14-24-19-9-12-22(25-2)21(23)13-19/h3-13,24H,14-15H2,1-2H3. The molecule has 0 bridgehead atoms. The van der Waals surface area contributed by atoms with E-state index in [1.54, 1.807) is 7.11 Å². The van der Waals surface area contributed by atoms with Gasteiger partial charge in [-0.1, -0.05) is 48.0 Å². The van der Waals surface area contributed by atoms with E-state index < -0.39 is 0 Å². The van der Waals surface area contributed by atoms with Crippen LogP contribution in [0.1, 0.15) is 16.7 Å². The highest BCUT2D eigenvalue weighted by Gasteiger charge is 2.03. The van der Waals surface area contributed by atoms with Crippen LogP contribution in [-0.4, -0.2) is 7.11 Å². The Bertz CT molecular complexity index is 862. The fourth-order valence-electron chi connectivity index (χ4n) is 2.62. The van der Waals surface area contributed by atoms with Gasteiger partial charge >= 0.3 is 0 Å². The number of hydrogen-bond acceptors (Lipinski definition) is 3. The maximum atomic E-state index is 6.15. The highest BCUT2D eigenvalue weighted by Crippen LogP contribution is 2.27. The van der Waals surface area contributed by atoms with Crippen LogP contribution >= 0.6 is 11.6 Å². The quantitative estimate of drug-likeness (QED) is 0.568. The van der Waals surface area contributed by atoms with Gasteiger partial charge in [-0.05, 0) is 53.9 Å². The van der Waals surface area contributed by atoms with Gasteiger partial charge in [0, 0.05) is 12.2 Å². The van der Waals surface area contributed by atoms with Crippen molar-refractivity contribution in [1.82, 2.24) is 0 Å². The number of halogens is 1. The van der Waals surface area contributed by atoms with E-state index in [2.05, 4.69) is 36.5 Å². The van der Waals surface area contributed by atoms with Crippen LogP contribution in [0.25, 0.3) is 0 Å². The third-order valence-corrected chi connectivity index (χ3v) is 4.52. The van der Waals surface area contributed by atoms with E-state index in [0.717, 1.165) is 11.4 Å². The summed E-state index contributed by atoms with van der Waals surface area (Å²) in [6.45, 7) is 3.38. The summed E-state index contributed by atoms with van der Waals surface area (Å²) in [6, 6.07) is 22.0. The summed E-state index contributed by atoms with van der Waals surface area (Å²) in [4.78, 5) is 0. The van der Waals surface area contributed by atoms with Crippen LogP contribution in [0.15, 0.2) is 66.7 Å². The van der Waals surface area contributed by atoms with E-state index in [1.807, 2.05) is 42.5 Å². The van der Waals surface area contributed by atoms with Crippen LogP contribution in [0.3, 0.4) is 0 Å². The molecule has 0 atom stereocenters. The van der Waals surface area contributed by atoms with E-state index in [4.69, 9.17) is 21.1 Å². The summed E-state index contributed by atoms with van der Waals surface area (Å²) in [5.41, 5.74) is 4.57. The lowest BCUT2D eigenvalue weighted by atomic mass is 10.1. The van der Waals surface area contributed by atoms with Gasteiger partial charge in [-0.15, -0.1) is 0 Å². The minimum Gasteiger partial charge on any atom is -0.495 e. The zero-order valence-corrected chi connectivity index (χ0v) is 15.7. The van der Waals surface area contributed by atoms with Gasteiger partial charge in [0.1, 0.15) is 18.1 Å². The summed E-state index contributed by atoms with van der Waals surface area (Å²) >= 11 is 6.15. The van der Waals surface area contributed by atoms with E-state index in [1.165, 1.54) is 16.7 Å². The normalized spacial score (nSPS) is 10.4. The number of nitrogens with one attached hydrogen (secondary N) is 1. The Morgan fingerprint density at radius 1 is 0.962 bits per heavy atom. The van der Waals surface area contributed by atoms with Crippen LogP contribution in [0.5, 0.6) is 11.5 Å². The fourth-order valence-corrected chi connectivity index (χ4v) is 2.87. The molecular weight excluding hydrogens is 346 g/mol. The van der Waals surface area contributed by atoms with Gasteiger partial charge in [0.25, 0.3) is 0 Å². The maximum Gasteiger partial charge on any atom is 0.137 e. The summed E-state index contributed by atoms with van der Waals surface area (Å²) in [7, 11) is 1.61. The molecule has 3 rings (SSSR count). The van der Waals surface area contributed by atoms with E-state index in [9.17, 15) is 0 Å². The fraction of sp³-hybridized carbons (Fsp3) is 0.182. The molecular formula is C22H22ClNO2. The van der Waals surface area contributed by atoms with Crippen LogP contribution in [0.4, 0.5) is 5.69 Å². The van der Waals surface area contributed by atoms with Crippen molar-refractivity contribution in [3.8, 4) is 11.5 Å². The molecule has 134 valence electrons. The first kappa shape index (κ1) is 18.2. The number of benzene rings is 3. The van der Waals surface area contributed by atoms with Gasteiger partial charge in [0.15, 0.2) is 0 Å². The lowest BCUT2D eigenvalue weighted by Gasteiger charge is -2.11. The molecule has 0 saturated heterocycles. The highest BCUT2D eigenvalue weighted by atomic mass is 35.5. The first-order valence-electron chi connectivity index (χ1n) is 8.49. The monoisotopic (exact) mass is 367 g/mol. The zero-order chi connectivity index (χ0) is 18.4. The maximum absolute atomic E-state index is 6.15. The van der Waals surface area contributed by atoms with Crippen molar-refractivity contribution >= 4 is 17.3 Å². The summed E-state index contributed by atoms with van der Waals surface area (Å²) < 4.78 is 11.0. The second-order valence-corrected chi connectivity index (χ2v) is 6.47. The molecule has 0 fully saturated rings. The Labute approximate surface area is 159 Å². The van der Waals surface area contributed by atoms with Crippen molar-refractivity contribution in [3.63, 3.8) is 0 Å². The number of ether oxygens (including phenoxy) is 2. The molecule has 0 saturated carbocycles. The van der Waals surface area contributed by atoms with Gasteiger partial charge in [0.2, 0.25) is 0 Å². The van der Waals surface area contributed by atoms with Crippen molar-refractivity contribution in [3.05, 3.63) is 88.4 Å². The largest absolute Gasteiger partial charge is 0.495 e. The Balaban J connectivity index is 1.54. The molecule has 0 aliphatic rings. The molecule has 0 radical (unpaired) electrons. The average Bonchev–Trinajstić information content (AvgIpc) is 2.67. The second-order valence-electron chi connectivity index (χ2n) is 6.06. The Hall–Kier alpha value is -2.65. The zero-order valence-electron chi connectivity index (χ0n) is 15.0. The Morgan fingerprint density at radius 3 is 2.42 bits per heavy atom. The molecule has 1 N–H and O–H groups in total. The third kappa shape index (κ3) is 4.70.